The summed E-state index contributed by atoms with van der Waals surface area (Å²) in [7, 11) is 0. The van der Waals surface area contributed by atoms with Crippen LogP contribution in [0.3, 0.4) is 0 Å². The van der Waals surface area contributed by atoms with Crippen molar-refractivity contribution in [2.45, 2.75) is 19.6 Å². The van der Waals surface area contributed by atoms with Crippen molar-refractivity contribution in [1.82, 2.24) is 0 Å². The van der Waals surface area contributed by atoms with Gasteiger partial charge in [0.25, 0.3) is 5.69 Å². The molecule has 0 amide bonds. The van der Waals surface area contributed by atoms with Crippen LogP contribution < -0.4 is 4.90 Å². The number of benzene rings is 1. The van der Waals surface area contributed by atoms with Gasteiger partial charge in [-0.15, -0.1) is 0 Å². The van der Waals surface area contributed by atoms with Gasteiger partial charge in [0.1, 0.15) is 0 Å². The molecule has 0 spiro atoms. The second-order valence-corrected chi connectivity index (χ2v) is 4.35. The summed E-state index contributed by atoms with van der Waals surface area (Å²) in [4.78, 5) is 12.5. The van der Waals surface area contributed by atoms with Crippen LogP contribution in [0, 0.1) is 10.1 Å². The molecule has 0 radical (unpaired) electrons. The quantitative estimate of drug-likeness (QED) is 0.648. The molecule has 1 unspecified atom stereocenters. The van der Waals surface area contributed by atoms with Gasteiger partial charge in [-0.3, -0.25) is 10.1 Å². The van der Waals surface area contributed by atoms with Crippen LogP contribution in [0.4, 0.5) is 11.4 Å². The van der Waals surface area contributed by atoms with Gasteiger partial charge in [0, 0.05) is 24.3 Å². The predicted molar refractivity (Wildman–Crippen MR) is 66.6 cm³/mol. The number of morpholine rings is 1. The molecule has 6 heteroatoms. The lowest BCUT2D eigenvalue weighted by Gasteiger charge is -2.35. The van der Waals surface area contributed by atoms with Gasteiger partial charge in [-0.05, 0) is 19.1 Å². The number of nitro groups is 1. The number of hydrogen-bond donors (Lipinski definition) is 1. The summed E-state index contributed by atoms with van der Waals surface area (Å²) in [5, 5.41) is 20.0. The molecular weight excluding hydrogens is 236 g/mol. The maximum atomic E-state index is 10.8. The Labute approximate surface area is 105 Å². The van der Waals surface area contributed by atoms with Gasteiger partial charge in [0.2, 0.25) is 0 Å². The van der Waals surface area contributed by atoms with Crippen molar-refractivity contribution in [3.8, 4) is 0 Å². The summed E-state index contributed by atoms with van der Waals surface area (Å²) in [6.07, 6.45) is 0. The Morgan fingerprint density at radius 3 is 3.00 bits per heavy atom. The number of aliphatic hydroxyl groups is 1. The average molecular weight is 252 g/mol. The number of aliphatic hydroxyl groups excluding tert-OH is 1. The van der Waals surface area contributed by atoms with Crippen LogP contribution in [0.1, 0.15) is 12.5 Å². The van der Waals surface area contributed by atoms with Gasteiger partial charge in [-0.25, -0.2) is 0 Å². The van der Waals surface area contributed by atoms with Crippen molar-refractivity contribution in [1.29, 1.82) is 0 Å². The van der Waals surface area contributed by atoms with Crippen molar-refractivity contribution < 1.29 is 14.8 Å². The minimum atomic E-state index is -0.474. The van der Waals surface area contributed by atoms with Crippen molar-refractivity contribution in [3.63, 3.8) is 0 Å². The van der Waals surface area contributed by atoms with Crippen molar-refractivity contribution in [2.24, 2.45) is 0 Å². The van der Waals surface area contributed by atoms with E-state index < -0.39 is 4.92 Å². The third kappa shape index (κ3) is 2.44. The molecule has 1 aliphatic heterocycles. The molecule has 1 aromatic rings. The molecule has 0 aromatic heterocycles. The molecule has 0 saturated carbocycles. The van der Waals surface area contributed by atoms with Gasteiger partial charge in [0.05, 0.1) is 30.3 Å². The summed E-state index contributed by atoms with van der Waals surface area (Å²) in [5.74, 6) is 0. The molecule has 18 heavy (non-hydrogen) atoms. The van der Waals surface area contributed by atoms with E-state index >= 15 is 0 Å². The highest BCUT2D eigenvalue weighted by molar-refractivity contribution is 5.56. The summed E-state index contributed by atoms with van der Waals surface area (Å²) in [6, 6.07) is 5.08. The molecular formula is C12H16N2O4. The van der Waals surface area contributed by atoms with E-state index in [1.54, 1.807) is 12.1 Å². The molecule has 0 bridgehead atoms. The SMILES string of the molecule is CC1COCCN1c1ccc([N+](=O)[O-])c(CO)c1. The van der Waals surface area contributed by atoms with Crippen molar-refractivity contribution >= 4 is 11.4 Å². The van der Waals surface area contributed by atoms with E-state index in [0.717, 1.165) is 12.2 Å². The maximum absolute atomic E-state index is 10.8. The van der Waals surface area contributed by atoms with E-state index in [9.17, 15) is 15.2 Å². The highest BCUT2D eigenvalue weighted by Crippen LogP contribution is 2.27. The smallest absolute Gasteiger partial charge is 0.275 e. The number of hydrogen-bond acceptors (Lipinski definition) is 5. The molecule has 1 heterocycles. The first-order chi connectivity index (χ1) is 8.63. The highest BCUT2D eigenvalue weighted by Gasteiger charge is 2.21. The Balaban J connectivity index is 2.31. The van der Waals surface area contributed by atoms with Gasteiger partial charge in [-0.2, -0.15) is 0 Å². The first-order valence-electron chi connectivity index (χ1n) is 5.86. The minimum absolute atomic E-state index is 0.0397. The summed E-state index contributed by atoms with van der Waals surface area (Å²) in [5.41, 5.74) is 1.19. The van der Waals surface area contributed by atoms with Crippen molar-refractivity contribution in [2.75, 3.05) is 24.7 Å². The Morgan fingerprint density at radius 1 is 1.61 bits per heavy atom. The van der Waals surface area contributed by atoms with E-state index in [0.29, 0.717) is 18.8 Å². The number of anilines is 1. The Kier molecular flexibility index (Phi) is 3.78. The molecule has 1 saturated heterocycles. The molecule has 1 aliphatic rings. The first-order valence-corrected chi connectivity index (χ1v) is 5.86. The third-order valence-electron chi connectivity index (χ3n) is 3.13. The van der Waals surface area contributed by atoms with E-state index in [1.165, 1.54) is 6.07 Å². The standard InChI is InChI=1S/C12H16N2O4/c1-9-8-18-5-4-13(9)11-2-3-12(14(16)17)10(6-11)7-15/h2-3,6,9,15H,4-5,7-8H2,1H3. The van der Waals surface area contributed by atoms with Crippen LogP contribution in [-0.4, -0.2) is 35.8 Å². The van der Waals surface area contributed by atoms with Gasteiger partial charge < -0.3 is 14.7 Å². The van der Waals surface area contributed by atoms with E-state index in [-0.39, 0.29) is 18.3 Å². The summed E-state index contributed by atoms with van der Waals surface area (Å²) in [6.45, 7) is 3.76. The van der Waals surface area contributed by atoms with Gasteiger partial charge in [-0.1, -0.05) is 0 Å². The molecule has 1 fully saturated rings. The molecule has 1 aromatic carbocycles. The molecule has 2 rings (SSSR count). The van der Waals surface area contributed by atoms with E-state index in [1.807, 2.05) is 6.92 Å². The number of nitro benzene ring substituents is 1. The Hall–Kier alpha value is -1.66. The lowest BCUT2D eigenvalue weighted by Crippen LogP contribution is -2.43. The van der Waals surface area contributed by atoms with Crippen LogP contribution in [0.25, 0.3) is 0 Å². The largest absolute Gasteiger partial charge is 0.391 e. The lowest BCUT2D eigenvalue weighted by molar-refractivity contribution is -0.385. The molecule has 1 atom stereocenters. The minimum Gasteiger partial charge on any atom is -0.391 e. The fourth-order valence-corrected chi connectivity index (χ4v) is 2.17. The van der Waals surface area contributed by atoms with Gasteiger partial charge >= 0.3 is 0 Å². The zero-order valence-corrected chi connectivity index (χ0v) is 10.2. The zero-order valence-electron chi connectivity index (χ0n) is 10.2. The Bertz CT molecular complexity index is 450. The molecule has 1 N–H and O–H groups in total. The van der Waals surface area contributed by atoms with E-state index in [4.69, 9.17) is 4.74 Å². The van der Waals surface area contributed by atoms with Crippen LogP contribution >= 0.6 is 0 Å². The normalized spacial score (nSPS) is 19.9. The lowest BCUT2D eigenvalue weighted by atomic mass is 10.1. The highest BCUT2D eigenvalue weighted by atomic mass is 16.6. The second-order valence-electron chi connectivity index (χ2n) is 4.35. The fourth-order valence-electron chi connectivity index (χ4n) is 2.17. The zero-order chi connectivity index (χ0) is 13.1. The summed E-state index contributed by atoms with van der Waals surface area (Å²) < 4.78 is 5.35. The van der Waals surface area contributed by atoms with E-state index in [2.05, 4.69) is 4.90 Å². The topological polar surface area (TPSA) is 75.8 Å². The number of rotatable bonds is 3. The van der Waals surface area contributed by atoms with Crippen LogP contribution in [0.5, 0.6) is 0 Å². The monoisotopic (exact) mass is 252 g/mol. The van der Waals surface area contributed by atoms with Crippen LogP contribution in [0.15, 0.2) is 18.2 Å². The van der Waals surface area contributed by atoms with Crippen LogP contribution in [-0.2, 0) is 11.3 Å². The summed E-state index contributed by atoms with van der Waals surface area (Å²) >= 11 is 0. The maximum Gasteiger partial charge on any atom is 0.275 e. The van der Waals surface area contributed by atoms with Crippen LogP contribution in [0.2, 0.25) is 0 Å². The third-order valence-corrected chi connectivity index (χ3v) is 3.13. The average Bonchev–Trinajstić information content (AvgIpc) is 2.38. The Morgan fingerprint density at radius 2 is 2.39 bits per heavy atom. The molecule has 6 nitrogen and oxygen atoms in total. The number of nitrogens with zero attached hydrogens (tertiary/aromatic N) is 2. The molecule has 0 aliphatic carbocycles. The van der Waals surface area contributed by atoms with Gasteiger partial charge in [0.15, 0.2) is 0 Å². The van der Waals surface area contributed by atoms with Crippen molar-refractivity contribution in [3.05, 3.63) is 33.9 Å². The first kappa shape index (κ1) is 12.8. The second kappa shape index (κ2) is 5.32. The predicted octanol–water partition coefficient (Wildman–Crippen LogP) is 1.31. The fraction of sp³-hybridized carbons (Fsp3) is 0.500. The number of ether oxygens (including phenoxy) is 1. The molecule has 98 valence electrons.